The van der Waals surface area contributed by atoms with Gasteiger partial charge in [-0.3, -0.25) is 0 Å². The predicted molar refractivity (Wildman–Crippen MR) is 89.3 cm³/mol. The van der Waals surface area contributed by atoms with Gasteiger partial charge in [-0.05, 0) is 6.07 Å². The largest absolute Gasteiger partial charge is 0.300 e. The van der Waals surface area contributed by atoms with E-state index < -0.39 is 0 Å². The maximum Gasteiger partial charge on any atom is 0.191 e. The van der Waals surface area contributed by atoms with E-state index in [2.05, 4.69) is 42.8 Å². The van der Waals surface area contributed by atoms with E-state index in [1.165, 1.54) is 4.70 Å². The van der Waals surface area contributed by atoms with Crippen LogP contribution in [0.15, 0.2) is 29.4 Å². The Kier molecular flexibility index (Phi) is 3.29. The average molecular weight is 387 g/mol. The van der Waals surface area contributed by atoms with Gasteiger partial charge in [-0.2, -0.15) is 0 Å². The topological polar surface area (TPSA) is 30.7 Å². The van der Waals surface area contributed by atoms with Crippen molar-refractivity contribution in [1.29, 1.82) is 0 Å². The van der Waals surface area contributed by atoms with Crippen molar-refractivity contribution in [3.8, 4) is 10.7 Å². The van der Waals surface area contributed by atoms with Gasteiger partial charge in [0.1, 0.15) is 0 Å². The molecule has 1 aliphatic heterocycles. The third kappa shape index (κ3) is 1.93. The summed E-state index contributed by atoms with van der Waals surface area (Å²) in [5.41, 5.74) is 0. The number of hydrogen-bond acceptors (Lipinski definition) is 4. The zero-order chi connectivity index (χ0) is 13.7. The zero-order valence-corrected chi connectivity index (χ0v) is 14.2. The van der Waals surface area contributed by atoms with Gasteiger partial charge in [-0.15, -0.1) is 21.5 Å². The minimum Gasteiger partial charge on any atom is -0.300 e. The van der Waals surface area contributed by atoms with Crippen LogP contribution in [-0.2, 0) is 6.54 Å². The molecule has 3 nitrogen and oxygen atoms in total. The zero-order valence-electron chi connectivity index (χ0n) is 10.2. The molecule has 0 fully saturated rings. The van der Waals surface area contributed by atoms with Crippen LogP contribution in [0.5, 0.6) is 0 Å². The average Bonchev–Trinajstić information content (AvgIpc) is 3.12. The Morgan fingerprint density at radius 2 is 2.20 bits per heavy atom. The highest BCUT2D eigenvalue weighted by Crippen LogP contribution is 2.43. The number of halogens is 2. The highest BCUT2D eigenvalue weighted by atomic mass is 79.9. The molecule has 1 unspecified atom stereocenters. The van der Waals surface area contributed by atoms with Crippen LogP contribution >= 0.6 is 50.6 Å². The number of hydrogen-bond donors (Lipinski definition) is 0. The van der Waals surface area contributed by atoms with Crippen molar-refractivity contribution >= 4 is 60.7 Å². The second-order valence-electron chi connectivity index (χ2n) is 4.55. The number of rotatable bonds is 2. The van der Waals surface area contributed by atoms with Crippen molar-refractivity contribution in [1.82, 2.24) is 14.8 Å². The lowest BCUT2D eigenvalue weighted by Gasteiger charge is -2.03. The van der Waals surface area contributed by atoms with Gasteiger partial charge in [0.15, 0.2) is 11.0 Å². The standard InChI is InChI=1S/C13H9BrClN3S2/c14-5-7-6-18-12(16-17-13(18)19-7)11-10(15)8-3-1-2-4-9(8)20-11/h1-4,7H,5-6H2. The molecule has 0 spiro atoms. The van der Waals surface area contributed by atoms with Gasteiger partial charge in [0.25, 0.3) is 0 Å². The summed E-state index contributed by atoms with van der Waals surface area (Å²) in [5, 5.41) is 13.0. The van der Waals surface area contributed by atoms with Crippen molar-refractivity contribution in [2.24, 2.45) is 0 Å². The molecule has 1 aromatic carbocycles. The first-order valence-corrected chi connectivity index (χ1v) is 9.30. The fourth-order valence-electron chi connectivity index (χ4n) is 2.34. The van der Waals surface area contributed by atoms with Crippen LogP contribution in [0.25, 0.3) is 20.8 Å². The van der Waals surface area contributed by atoms with Gasteiger partial charge in [-0.1, -0.05) is 57.5 Å². The monoisotopic (exact) mass is 385 g/mol. The fraction of sp³-hybridized carbons (Fsp3) is 0.231. The Balaban J connectivity index is 1.87. The van der Waals surface area contributed by atoms with Crippen molar-refractivity contribution in [2.45, 2.75) is 17.0 Å². The number of benzene rings is 1. The van der Waals surface area contributed by atoms with Crippen LogP contribution in [0.1, 0.15) is 0 Å². The van der Waals surface area contributed by atoms with E-state index in [1.54, 1.807) is 23.1 Å². The summed E-state index contributed by atoms with van der Waals surface area (Å²) >= 11 is 13.5. The SMILES string of the molecule is Clc1c(-c2nnc3n2CC(CBr)S3)sc2ccccc12. The number of fused-ring (bicyclic) bond motifs is 2. The summed E-state index contributed by atoms with van der Waals surface area (Å²) < 4.78 is 3.36. The summed E-state index contributed by atoms with van der Waals surface area (Å²) in [7, 11) is 0. The molecule has 0 radical (unpaired) electrons. The van der Waals surface area contributed by atoms with Crippen LogP contribution in [0, 0.1) is 0 Å². The first-order valence-electron chi connectivity index (χ1n) is 6.11. The van der Waals surface area contributed by atoms with Crippen molar-refractivity contribution < 1.29 is 0 Å². The summed E-state index contributed by atoms with van der Waals surface area (Å²) in [6.45, 7) is 0.929. The second kappa shape index (κ2) is 5.02. The highest BCUT2D eigenvalue weighted by molar-refractivity contribution is 9.09. The number of thiophene rings is 1. The van der Waals surface area contributed by atoms with Gasteiger partial charge in [0.2, 0.25) is 0 Å². The van der Waals surface area contributed by atoms with E-state index in [0.29, 0.717) is 5.25 Å². The molecule has 102 valence electrons. The van der Waals surface area contributed by atoms with Gasteiger partial charge in [0.05, 0.1) is 9.90 Å². The minimum atomic E-state index is 0.521. The van der Waals surface area contributed by atoms with E-state index >= 15 is 0 Å². The summed E-state index contributed by atoms with van der Waals surface area (Å²) in [5.74, 6) is 0.891. The Bertz CT molecular complexity index is 798. The third-order valence-electron chi connectivity index (χ3n) is 3.29. The second-order valence-corrected chi connectivity index (χ2v) is 7.90. The van der Waals surface area contributed by atoms with Crippen LogP contribution in [0.2, 0.25) is 5.02 Å². The molecule has 0 aliphatic carbocycles. The van der Waals surface area contributed by atoms with Crippen LogP contribution in [0.3, 0.4) is 0 Å². The number of alkyl halides is 1. The molecule has 4 rings (SSSR count). The van der Waals surface area contributed by atoms with Gasteiger partial charge >= 0.3 is 0 Å². The Morgan fingerprint density at radius 1 is 1.35 bits per heavy atom. The molecule has 20 heavy (non-hydrogen) atoms. The lowest BCUT2D eigenvalue weighted by molar-refractivity contribution is 0.680. The molecule has 1 atom stereocenters. The quantitative estimate of drug-likeness (QED) is 0.599. The molecule has 0 amide bonds. The molecule has 7 heteroatoms. The molecule has 0 bridgehead atoms. The molecule has 3 heterocycles. The lowest BCUT2D eigenvalue weighted by atomic mass is 10.2. The van der Waals surface area contributed by atoms with Crippen LogP contribution in [-0.4, -0.2) is 25.3 Å². The fourth-order valence-corrected chi connectivity index (χ4v) is 5.41. The Hall–Kier alpha value is -0.560. The van der Waals surface area contributed by atoms with Crippen molar-refractivity contribution in [3.05, 3.63) is 29.3 Å². The van der Waals surface area contributed by atoms with Gasteiger partial charge in [0, 0.05) is 27.2 Å². The summed E-state index contributed by atoms with van der Waals surface area (Å²) in [4.78, 5) is 1.02. The normalized spacial score (nSPS) is 17.8. The number of thioether (sulfide) groups is 1. The van der Waals surface area contributed by atoms with E-state index in [-0.39, 0.29) is 0 Å². The maximum absolute atomic E-state index is 6.53. The summed E-state index contributed by atoms with van der Waals surface area (Å²) in [6, 6.07) is 8.18. The molecule has 0 N–H and O–H groups in total. The van der Waals surface area contributed by atoms with Gasteiger partial charge in [-0.25, -0.2) is 0 Å². The first-order chi connectivity index (χ1) is 9.78. The van der Waals surface area contributed by atoms with Crippen LogP contribution < -0.4 is 0 Å². The predicted octanol–water partition coefficient (Wildman–Crippen LogP) is 4.68. The summed E-state index contributed by atoms with van der Waals surface area (Å²) in [6.07, 6.45) is 0. The van der Waals surface area contributed by atoms with Crippen LogP contribution in [0.4, 0.5) is 0 Å². The van der Waals surface area contributed by atoms with E-state index in [9.17, 15) is 0 Å². The van der Waals surface area contributed by atoms with E-state index in [4.69, 9.17) is 11.6 Å². The Morgan fingerprint density at radius 3 is 3.00 bits per heavy atom. The van der Waals surface area contributed by atoms with Crippen molar-refractivity contribution in [3.63, 3.8) is 0 Å². The molecule has 0 saturated heterocycles. The third-order valence-corrected chi connectivity index (χ3v) is 7.33. The number of nitrogens with zero attached hydrogens (tertiary/aromatic N) is 3. The molecule has 1 aliphatic rings. The minimum absolute atomic E-state index is 0.521. The lowest BCUT2D eigenvalue weighted by Crippen LogP contribution is -2.07. The molecule has 0 saturated carbocycles. The van der Waals surface area contributed by atoms with E-state index in [1.807, 2.05) is 12.1 Å². The molecular weight excluding hydrogens is 378 g/mol. The maximum atomic E-state index is 6.53. The van der Waals surface area contributed by atoms with Gasteiger partial charge < -0.3 is 4.57 Å². The molecule has 2 aromatic heterocycles. The van der Waals surface area contributed by atoms with E-state index in [0.717, 1.165) is 38.1 Å². The first kappa shape index (κ1) is 13.1. The number of aromatic nitrogens is 3. The van der Waals surface area contributed by atoms with Crippen molar-refractivity contribution in [2.75, 3.05) is 5.33 Å². The highest BCUT2D eigenvalue weighted by Gasteiger charge is 2.28. The Labute approximate surface area is 137 Å². The molecular formula is C13H9BrClN3S2. The smallest absolute Gasteiger partial charge is 0.191 e. The molecule has 3 aromatic rings.